The van der Waals surface area contributed by atoms with E-state index in [1.807, 2.05) is 36.4 Å². The lowest BCUT2D eigenvalue weighted by molar-refractivity contribution is -0.384. The number of benzene rings is 3. The van der Waals surface area contributed by atoms with Crippen LogP contribution in [-0.4, -0.2) is 17.4 Å². The Morgan fingerprint density at radius 3 is 2.86 bits per heavy atom. The molecule has 0 radical (unpaired) electrons. The molecule has 1 aromatic heterocycles. The molecule has 0 bridgehead atoms. The lowest BCUT2D eigenvalue weighted by atomic mass is 10.0. The van der Waals surface area contributed by atoms with Crippen molar-refractivity contribution in [2.75, 3.05) is 11.4 Å². The first-order valence-corrected chi connectivity index (χ1v) is 9.07. The van der Waals surface area contributed by atoms with Crippen molar-refractivity contribution in [2.24, 2.45) is 0 Å². The summed E-state index contributed by atoms with van der Waals surface area (Å²) in [6.45, 7) is 0.534. The van der Waals surface area contributed by atoms with Gasteiger partial charge < -0.3 is 9.32 Å². The molecule has 4 aromatic rings. The smallest absolute Gasteiger partial charge is 0.271 e. The number of nitrogens with zero attached hydrogens (tertiary/aromatic N) is 2. The van der Waals surface area contributed by atoms with Crippen molar-refractivity contribution < 1.29 is 14.1 Å². The molecular formula is C22H16N2O4. The van der Waals surface area contributed by atoms with Crippen LogP contribution in [0, 0.1) is 10.1 Å². The first kappa shape index (κ1) is 16.5. The summed E-state index contributed by atoms with van der Waals surface area (Å²) in [5, 5.41) is 14.2. The summed E-state index contributed by atoms with van der Waals surface area (Å²) in [5.74, 6) is -0.0881. The van der Waals surface area contributed by atoms with Gasteiger partial charge in [-0.2, -0.15) is 0 Å². The second kappa shape index (κ2) is 6.20. The Morgan fingerprint density at radius 2 is 2.00 bits per heavy atom. The van der Waals surface area contributed by atoms with E-state index in [2.05, 4.69) is 0 Å². The van der Waals surface area contributed by atoms with Crippen molar-refractivity contribution in [1.29, 1.82) is 0 Å². The Balaban J connectivity index is 1.52. The van der Waals surface area contributed by atoms with Crippen molar-refractivity contribution in [2.45, 2.75) is 12.8 Å². The van der Waals surface area contributed by atoms with Crippen molar-refractivity contribution in [3.63, 3.8) is 0 Å². The number of amides is 1. The lowest BCUT2D eigenvalue weighted by Gasteiger charge is -2.17. The van der Waals surface area contributed by atoms with Gasteiger partial charge in [-0.05, 0) is 28.8 Å². The number of carbonyl (C=O) groups is 1. The number of furan rings is 1. The predicted molar refractivity (Wildman–Crippen MR) is 107 cm³/mol. The van der Waals surface area contributed by atoms with E-state index in [4.69, 9.17) is 4.42 Å². The van der Waals surface area contributed by atoms with Crippen LogP contribution in [0.15, 0.2) is 65.3 Å². The highest BCUT2D eigenvalue weighted by Crippen LogP contribution is 2.34. The molecule has 6 nitrogen and oxygen atoms in total. The molecule has 5 rings (SSSR count). The van der Waals surface area contributed by atoms with Crippen LogP contribution in [0.5, 0.6) is 0 Å². The van der Waals surface area contributed by atoms with Crippen LogP contribution in [0.1, 0.15) is 11.1 Å². The van der Waals surface area contributed by atoms with E-state index < -0.39 is 4.92 Å². The Bertz CT molecular complexity index is 1260. The number of hydrogen-bond donors (Lipinski definition) is 0. The summed E-state index contributed by atoms with van der Waals surface area (Å²) >= 11 is 0. The van der Waals surface area contributed by atoms with Gasteiger partial charge in [-0.1, -0.05) is 36.4 Å². The molecule has 1 amide bonds. The zero-order chi connectivity index (χ0) is 19.3. The molecule has 1 aliphatic rings. The van der Waals surface area contributed by atoms with Gasteiger partial charge in [-0.15, -0.1) is 0 Å². The average molecular weight is 372 g/mol. The maximum absolute atomic E-state index is 13.1. The number of anilines is 1. The van der Waals surface area contributed by atoms with Gasteiger partial charge in [0.1, 0.15) is 5.58 Å². The van der Waals surface area contributed by atoms with Gasteiger partial charge in [-0.25, -0.2) is 0 Å². The third kappa shape index (κ3) is 2.53. The maximum Gasteiger partial charge on any atom is 0.271 e. The average Bonchev–Trinajstić information content (AvgIpc) is 3.31. The number of nitro benzene ring substituents is 1. The predicted octanol–water partition coefficient (Wildman–Crippen LogP) is 4.63. The maximum atomic E-state index is 13.1. The summed E-state index contributed by atoms with van der Waals surface area (Å²) in [4.78, 5) is 25.4. The third-order valence-electron chi connectivity index (χ3n) is 5.36. The van der Waals surface area contributed by atoms with Crippen molar-refractivity contribution in [3.05, 3.63) is 82.1 Å². The normalized spacial score (nSPS) is 13.2. The first-order chi connectivity index (χ1) is 13.6. The topological polar surface area (TPSA) is 76.6 Å². The van der Waals surface area contributed by atoms with Gasteiger partial charge >= 0.3 is 0 Å². The van der Waals surface area contributed by atoms with Crippen LogP contribution < -0.4 is 4.90 Å². The van der Waals surface area contributed by atoms with Gasteiger partial charge in [-0.3, -0.25) is 14.9 Å². The number of carbonyl (C=O) groups excluding carboxylic acids is 1. The standard InChI is InChI=1S/C22H16N2O4/c25-21(23-10-9-15-5-7-17(24(26)27)12-19(15)23)11-16-13-28-20-8-6-14-3-1-2-4-18(14)22(16)20/h1-8,12-13H,9-11H2. The highest BCUT2D eigenvalue weighted by Gasteiger charge is 2.27. The minimum absolute atomic E-state index is 0.00166. The van der Waals surface area contributed by atoms with Crippen LogP contribution in [0.3, 0.4) is 0 Å². The zero-order valence-corrected chi connectivity index (χ0v) is 14.9. The van der Waals surface area contributed by atoms with Crippen molar-refractivity contribution in [3.8, 4) is 0 Å². The number of non-ortho nitro benzene ring substituents is 1. The molecule has 3 aromatic carbocycles. The van der Waals surface area contributed by atoms with Crippen molar-refractivity contribution in [1.82, 2.24) is 0 Å². The molecule has 0 unspecified atom stereocenters. The van der Waals surface area contributed by atoms with E-state index in [0.29, 0.717) is 18.7 Å². The summed E-state index contributed by atoms with van der Waals surface area (Å²) < 4.78 is 5.68. The molecule has 1 aliphatic heterocycles. The fourth-order valence-corrected chi connectivity index (χ4v) is 4.00. The van der Waals surface area contributed by atoms with Crippen LogP contribution in [-0.2, 0) is 17.6 Å². The fourth-order valence-electron chi connectivity index (χ4n) is 4.00. The van der Waals surface area contributed by atoms with Crippen LogP contribution in [0.25, 0.3) is 21.7 Å². The molecule has 0 saturated heterocycles. The molecule has 138 valence electrons. The molecule has 6 heteroatoms. The van der Waals surface area contributed by atoms with Gasteiger partial charge in [0.2, 0.25) is 5.91 Å². The second-order valence-electron chi connectivity index (χ2n) is 6.96. The Morgan fingerprint density at radius 1 is 1.14 bits per heavy atom. The number of fused-ring (bicyclic) bond motifs is 4. The molecule has 0 atom stereocenters. The largest absolute Gasteiger partial charge is 0.464 e. The van der Waals surface area contributed by atoms with Crippen LogP contribution in [0.4, 0.5) is 11.4 Å². The van der Waals surface area contributed by atoms with Crippen LogP contribution >= 0.6 is 0 Å². The Labute approximate surface area is 160 Å². The van der Waals surface area contributed by atoms with Gasteiger partial charge in [0, 0.05) is 29.6 Å². The monoisotopic (exact) mass is 372 g/mol. The summed E-state index contributed by atoms with van der Waals surface area (Å²) in [5.41, 5.74) is 3.17. The Kier molecular flexibility index (Phi) is 3.65. The summed E-state index contributed by atoms with van der Waals surface area (Å²) in [7, 11) is 0. The highest BCUT2D eigenvalue weighted by molar-refractivity contribution is 6.09. The molecule has 0 spiro atoms. The molecule has 0 N–H and O–H groups in total. The zero-order valence-electron chi connectivity index (χ0n) is 14.9. The lowest BCUT2D eigenvalue weighted by Crippen LogP contribution is -2.30. The summed E-state index contributed by atoms with van der Waals surface area (Å²) in [6.07, 6.45) is 2.52. The number of rotatable bonds is 3. The molecule has 0 saturated carbocycles. The van der Waals surface area contributed by atoms with Gasteiger partial charge in [0.05, 0.1) is 23.3 Å². The second-order valence-corrected chi connectivity index (χ2v) is 6.96. The molecule has 28 heavy (non-hydrogen) atoms. The quantitative estimate of drug-likeness (QED) is 0.388. The van der Waals surface area contributed by atoms with E-state index in [-0.39, 0.29) is 18.0 Å². The molecular weight excluding hydrogens is 356 g/mol. The molecule has 2 heterocycles. The Hall–Kier alpha value is -3.67. The summed E-state index contributed by atoms with van der Waals surface area (Å²) in [6, 6.07) is 16.6. The SMILES string of the molecule is O=C(Cc1coc2ccc3ccccc3c12)N1CCc2ccc([N+](=O)[O-])cc21. The number of hydrogen-bond acceptors (Lipinski definition) is 4. The number of nitro groups is 1. The molecule has 0 fully saturated rings. The van der Waals surface area contributed by atoms with Gasteiger partial charge in [0.15, 0.2) is 0 Å². The minimum atomic E-state index is -0.434. The van der Waals surface area contributed by atoms with Gasteiger partial charge in [0.25, 0.3) is 5.69 Å². The van der Waals surface area contributed by atoms with Crippen LogP contribution in [0.2, 0.25) is 0 Å². The van der Waals surface area contributed by atoms with E-state index in [9.17, 15) is 14.9 Å². The van der Waals surface area contributed by atoms with Crippen molar-refractivity contribution >= 4 is 39.0 Å². The third-order valence-corrected chi connectivity index (χ3v) is 5.36. The van der Waals surface area contributed by atoms with E-state index >= 15 is 0 Å². The first-order valence-electron chi connectivity index (χ1n) is 9.07. The minimum Gasteiger partial charge on any atom is -0.464 e. The van der Waals surface area contributed by atoms with E-state index in [1.54, 1.807) is 17.2 Å². The van der Waals surface area contributed by atoms with E-state index in [0.717, 1.165) is 32.9 Å². The fraction of sp³-hybridized carbons (Fsp3) is 0.136. The molecule has 0 aliphatic carbocycles. The van der Waals surface area contributed by atoms with E-state index in [1.165, 1.54) is 12.1 Å². The highest BCUT2D eigenvalue weighted by atomic mass is 16.6.